The molecule has 0 aromatic heterocycles. The van der Waals surface area contributed by atoms with E-state index in [0.717, 1.165) is 15.6 Å². The van der Waals surface area contributed by atoms with Gasteiger partial charge in [-0.05, 0) is 48.7 Å². The number of ether oxygens (including phenoxy) is 5. The Bertz CT molecular complexity index is 842. The highest BCUT2D eigenvalue weighted by molar-refractivity contribution is 9.10. The summed E-state index contributed by atoms with van der Waals surface area (Å²) in [6.07, 6.45) is -0.0150. The fourth-order valence-electron chi connectivity index (χ4n) is 2.91. The molecular weight excluding hydrogens is 442 g/mol. The lowest BCUT2D eigenvalue weighted by Gasteiger charge is -2.22. The summed E-state index contributed by atoms with van der Waals surface area (Å²) in [5.74, 6) is 2.41. The van der Waals surface area contributed by atoms with E-state index in [1.165, 1.54) is 0 Å². The molecule has 158 valence electrons. The number of rotatable bonds is 9. The number of nitrogens with one attached hydrogen (secondary N) is 1. The van der Waals surface area contributed by atoms with Crippen LogP contribution in [0.5, 0.6) is 23.0 Å². The van der Waals surface area contributed by atoms with E-state index in [9.17, 15) is 4.79 Å². The highest BCUT2D eigenvalue weighted by Gasteiger charge is 2.21. The van der Waals surface area contributed by atoms with Crippen molar-refractivity contribution in [3.8, 4) is 23.0 Å². The summed E-state index contributed by atoms with van der Waals surface area (Å²) in [5, 5.41) is 2.91. The highest BCUT2D eigenvalue weighted by atomic mass is 79.9. The number of carbonyl (C=O) groups is 1. The molecule has 0 aliphatic carbocycles. The first-order chi connectivity index (χ1) is 14.0. The average molecular weight is 468 g/mol. The van der Waals surface area contributed by atoms with Crippen LogP contribution in [-0.2, 0) is 11.2 Å². The molecule has 0 saturated carbocycles. The van der Waals surface area contributed by atoms with E-state index in [1.807, 2.05) is 24.3 Å². The van der Waals surface area contributed by atoms with Crippen LogP contribution in [0.15, 0.2) is 34.8 Å². The summed E-state index contributed by atoms with van der Waals surface area (Å²) in [6, 6.07) is 8.87. The molecule has 1 N–H and O–H groups in total. The molecule has 8 heteroatoms. The molecule has 0 aliphatic rings. The lowest BCUT2D eigenvalue weighted by Crippen LogP contribution is -2.30. The van der Waals surface area contributed by atoms with Crippen molar-refractivity contribution >= 4 is 22.0 Å². The predicted molar refractivity (Wildman–Crippen MR) is 113 cm³/mol. The fourth-order valence-corrected chi connectivity index (χ4v) is 3.39. The predicted octanol–water partition coefficient (Wildman–Crippen LogP) is 4.51. The monoisotopic (exact) mass is 467 g/mol. The van der Waals surface area contributed by atoms with E-state index in [0.29, 0.717) is 29.4 Å². The Morgan fingerprint density at radius 2 is 1.52 bits per heavy atom. The fraction of sp³-hybridized carbons (Fsp3) is 0.381. The molecule has 0 bridgehead atoms. The molecule has 0 heterocycles. The van der Waals surface area contributed by atoms with Gasteiger partial charge in [-0.15, -0.1) is 0 Å². The number of halogens is 1. The van der Waals surface area contributed by atoms with Gasteiger partial charge in [-0.25, -0.2) is 4.79 Å². The van der Waals surface area contributed by atoms with Crippen molar-refractivity contribution in [3.05, 3.63) is 45.9 Å². The molecule has 0 saturated heterocycles. The first-order valence-electron chi connectivity index (χ1n) is 9.02. The van der Waals surface area contributed by atoms with Gasteiger partial charge in [0.1, 0.15) is 0 Å². The van der Waals surface area contributed by atoms with E-state index in [2.05, 4.69) is 21.2 Å². The van der Waals surface area contributed by atoms with Gasteiger partial charge < -0.3 is 29.0 Å². The first-order valence-corrected chi connectivity index (χ1v) is 9.82. The Balaban J connectivity index is 2.43. The third-order valence-corrected chi connectivity index (χ3v) is 5.09. The third-order valence-electron chi connectivity index (χ3n) is 4.35. The molecule has 2 aromatic rings. The number of benzene rings is 2. The number of hydrogen-bond acceptors (Lipinski definition) is 6. The molecule has 0 aliphatic heterocycles. The first kappa shape index (κ1) is 22.7. The van der Waals surface area contributed by atoms with Crippen molar-refractivity contribution in [3.63, 3.8) is 0 Å². The number of alkyl carbamates (subject to hydrolysis) is 1. The summed E-state index contributed by atoms with van der Waals surface area (Å²) in [6.45, 7) is 2.04. The Kier molecular flexibility index (Phi) is 8.45. The van der Waals surface area contributed by atoms with Crippen molar-refractivity contribution in [2.24, 2.45) is 0 Å². The van der Waals surface area contributed by atoms with Gasteiger partial charge in [0, 0.05) is 4.47 Å². The van der Waals surface area contributed by atoms with Gasteiger partial charge in [0.05, 0.1) is 41.1 Å². The van der Waals surface area contributed by atoms with Crippen LogP contribution in [-0.4, -0.2) is 41.1 Å². The Morgan fingerprint density at radius 1 is 0.931 bits per heavy atom. The highest BCUT2D eigenvalue weighted by Crippen LogP contribution is 2.36. The topological polar surface area (TPSA) is 75.3 Å². The number of amides is 1. The average Bonchev–Trinajstić information content (AvgIpc) is 2.73. The molecule has 29 heavy (non-hydrogen) atoms. The summed E-state index contributed by atoms with van der Waals surface area (Å²) in [7, 11) is 6.31. The minimum atomic E-state index is -0.496. The molecule has 0 radical (unpaired) electrons. The molecule has 7 nitrogen and oxygen atoms in total. The van der Waals surface area contributed by atoms with Gasteiger partial charge in [0.15, 0.2) is 23.0 Å². The summed E-state index contributed by atoms with van der Waals surface area (Å²) < 4.78 is 27.4. The minimum Gasteiger partial charge on any atom is -0.493 e. The van der Waals surface area contributed by atoms with Crippen molar-refractivity contribution in [2.75, 3.05) is 35.0 Å². The lowest BCUT2D eigenvalue weighted by atomic mass is 9.98. The van der Waals surface area contributed by atoms with Crippen LogP contribution in [0.3, 0.4) is 0 Å². The van der Waals surface area contributed by atoms with Gasteiger partial charge in [0.2, 0.25) is 0 Å². The zero-order chi connectivity index (χ0) is 21.4. The number of hydrogen-bond donors (Lipinski definition) is 1. The molecule has 2 rings (SSSR count). The Labute approximate surface area is 179 Å². The van der Waals surface area contributed by atoms with E-state index >= 15 is 0 Å². The Morgan fingerprint density at radius 3 is 2.10 bits per heavy atom. The summed E-state index contributed by atoms with van der Waals surface area (Å²) in [5.41, 5.74) is 1.77. The molecule has 0 fully saturated rings. The van der Waals surface area contributed by atoms with Crippen molar-refractivity contribution in [1.29, 1.82) is 0 Å². The van der Waals surface area contributed by atoms with Crippen molar-refractivity contribution in [2.45, 2.75) is 19.4 Å². The third kappa shape index (κ3) is 5.69. The second-order valence-corrected chi connectivity index (χ2v) is 6.89. The van der Waals surface area contributed by atoms with Gasteiger partial charge in [-0.3, -0.25) is 0 Å². The van der Waals surface area contributed by atoms with Crippen LogP contribution >= 0.6 is 15.9 Å². The normalized spacial score (nSPS) is 11.4. The lowest BCUT2D eigenvalue weighted by molar-refractivity contribution is 0.148. The molecular formula is C21H26BrNO6. The standard InChI is InChI=1S/C21H26BrNO6/c1-6-29-21(24)23-16(13-7-8-17(25-2)18(10-13)26-3)9-14-11-19(27-4)20(28-5)12-15(14)22/h7-8,10-12,16H,6,9H2,1-5H3,(H,23,24). The Hall–Kier alpha value is -2.61. The molecule has 0 spiro atoms. The van der Waals surface area contributed by atoms with Crippen LogP contribution in [0.2, 0.25) is 0 Å². The quantitative estimate of drug-likeness (QED) is 0.584. The zero-order valence-electron chi connectivity index (χ0n) is 17.2. The maximum atomic E-state index is 12.2. The second kappa shape index (κ2) is 10.8. The molecule has 1 amide bonds. The van der Waals surface area contributed by atoms with Gasteiger partial charge >= 0.3 is 6.09 Å². The minimum absolute atomic E-state index is 0.282. The SMILES string of the molecule is CCOC(=O)NC(Cc1cc(OC)c(OC)cc1Br)c1ccc(OC)c(OC)c1. The van der Waals surface area contributed by atoms with Gasteiger partial charge in [-0.1, -0.05) is 22.0 Å². The number of methoxy groups -OCH3 is 4. The van der Waals surface area contributed by atoms with E-state index in [1.54, 1.807) is 41.4 Å². The summed E-state index contributed by atoms with van der Waals surface area (Å²) in [4.78, 5) is 12.2. The van der Waals surface area contributed by atoms with Crippen molar-refractivity contribution < 1.29 is 28.5 Å². The maximum Gasteiger partial charge on any atom is 0.407 e. The van der Waals surface area contributed by atoms with E-state index in [-0.39, 0.29) is 12.6 Å². The molecule has 2 aromatic carbocycles. The molecule has 1 atom stereocenters. The van der Waals surface area contributed by atoms with Crippen LogP contribution < -0.4 is 24.3 Å². The van der Waals surface area contributed by atoms with Crippen LogP contribution in [0.1, 0.15) is 24.1 Å². The van der Waals surface area contributed by atoms with E-state index in [4.69, 9.17) is 23.7 Å². The van der Waals surface area contributed by atoms with Crippen LogP contribution in [0.25, 0.3) is 0 Å². The molecule has 1 unspecified atom stereocenters. The zero-order valence-corrected chi connectivity index (χ0v) is 18.8. The van der Waals surface area contributed by atoms with Crippen LogP contribution in [0.4, 0.5) is 4.79 Å². The van der Waals surface area contributed by atoms with Gasteiger partial charge in [0.25, 0.3) is 0 Å². The van der Waals surface area contributed by atoms with E-state index < -0.39 is 6.09 Å². The van der Waals surface area contributed by atoms with Crippen molar-refractivity contribution in [1.82, 2.24) is 5.32 Å². The van der Waals surface area contributed by atoms with Crippen LogP contribution in [0, 0.1) is 0 Å². The number of carbonyl (C=O) groups excluding carboxylic acids is 1. The maximum absolute atomic E-state index is 12.2. The van der Waals surface area contributed by atoms with Gasteiger partial charge in [-0.2, -0.15) is 0 Å². The summed E-state index contributed by atoms with van der Waals surface area (Å²) >= 11 is 3.58. The smallest absolute Gasteiger partial charge is 0.407 e. The second-order valence-electron chi connectivity index (χ2n) is 6.03. The largest absolute Gasteiger partial charge is 0.493 e.